The molecule has 0 aliphatic heterocycles. The lowest BCUT2D eigenvalue weighted by Gasteiger charge is -2.23. The number of carbonyl (C=O) groups excluding carboxylic acids is 1. The lowest BCUT2D eigenvalue weighted by atomic mass is 9.95. The molecule has 114 valence electrons. The summed E-state index contributed by atoms with van der Waals surface area (Å²) < 4.78 is 20.4. The van der Waals surface area contributed by atoms with Gasteiger partial charge in [0.25, 0.3) is 0 Å². The molecule has 0 saturated heterocycles. The first-order valence-electron chi connectivity index (χ1n) is 6.71. The Kier molecular flexibility index (Phi) is 10.8. The van der Waals surface area contributed by atoms with E-state index in [9.17, 15) is 4.79 Å². The van der Waals surface area contributed by atoms with E-state index >= 15 is 0 Å². The zero-order valence-electron chi connectivity index (χ0n) is 12.3. The second kappa shape index (κ2) is 11.2. The molecule has 0 bridgehead atoms. The van der Waals surface area contributed by atoms with E-state index in [1.807, 2.05) is 13.8 Å². The minimum atomic E-state index is -0.872. The van der Waals surface area contributed by atoms with Crippen molar-refractivity contribution in [2.45, 2.75) is 32.2 Å². The molecule has 0 aromatic rings. The van der Waals surface area contributed by atoms with Gasteiger partial charge in [-0.05, 0) is 12.8 Å². The maximum absolute atomic E-state index is 11.7. The highest BCUT2D eigenvalue weighted by atomic mass is 16.6. The maximum atomic E-state index is 11.7. The third-order valence-electron chi connectivity index (χ3n) is 2.93. The lowest BCUT2D eigenvalue weighted by molar-refractivity contribution is -0.152. The van der Waals surface area contributed by atoms with Crippen LogP contribution in [0.1, 0.15) is 26.7 Å². The molecule has 6 nitrogen and oxygen atoms in total. The van der Waals surface area contributed by atoms with Gasteiger partial charge >= 0.3 is 5.97 Å². The van der Waals surface area contributed by atoms with E-state index in [0.29, 0.717) is 45.9 Å². The Morgan fingerprint density at radius 1 is 0.947 bits per heavy atom. The zero-order chi connectivity index (χ0) is 14.6. The number of hydrogen-bond acceptors (Lipinski definition) is 6. The minimum Gasteiger partial charge on any atom is -0.462 e. The number of methoxy groups -OCH3 is 1. The standard InChI is InChI=1S/C13H27NO5/c1-4-13(14,5-2)12(15)19-11-10-18-9-8-17-7-6-16-3/h4-11,14H2,1-3H3. The van der Waals surface area contributed by atoms with Crippen molar-refractivity contribution in [1.82, 2.24) is 0 Å². The van der Waals surface area contributed by atoms with Gasteiger partial charge in [-0.15, -0.1) is 0 Å². The van der Waals surface area contributed by atoms with Crippen LogP contribution in [0.2, 0.25) is 0 Å². The van der Waals surface area contributed by atoms with Gasteiger partial charge < -0.3 is 24.7 Å². The van der Waals surface area contributed by atoms with Crippen LogP contribution in [0.3, 0.4) is 0 Å². The largest absolute Gasteiger partial charge is 0.462 e. The van der Waals surface area contributed by atoms with Crippen LogP contribution in [0, 0.1) is 0 Å². The van der Waals surface area contributed by atoms with Crippen molar-refractivity contribution in [3.8, 4) is 0 Å². The summed E-state index contributed by atoms with van der Waals surface area (Å²) in [5, 5.41) is 0. The lowest BCUT2D eigenvalue weighted by Crippen LogP contribution is -2.48. The Morgan fingerprint density at radius 2 is 1.42 bits per heavy atom. The SMILES string of the molecule is CCC(N)(CC)C(=O)OCCOCCOCCOC. The fourth-order valence-corrected chi connectivity index (χ4v) is 1.34. The van der Waals surface area contributed by atoms with Crippen LogP contribution in [0.5, 0.6) is 0 Å². The first-order chi connectivity index (χ1) is 9.10. The van der Waals surface area contributed by atoms with Crippen molar-refractivity contribution in [2.75, 3.05) is 46.8 Å². The predicted octanol–water partition coefficient (Wildman–Crippen LogP) is 0.727. The first-order valence-corrected chi connectivity index (χ1v) is 6.71. The fraction of sp³-hybridized carbons (Fsp3) is 0.923. The number of rotatable bonds is 12. The maximum Gasteiger partial charge on any atom is 0.326 e. The first kappa shape index (κ1) is 18.3. The average Bonchev–Trinajstić information content (AvgIpc) is 2.44. The van der Waals surface area contributed by atoms with E-state index in [0.717, 1.165) is 0 Å². The van der Waals surface area contributed by atoms with E-state index in [-0.39, 0.29) is 12.6 Å². The van der Waals surface area contributed by atoms with Gasteiger partial charge in [-0.3, -0.25) is 4.79 Å². The number of ether oxygens (including phenoxy) is 4. The quantitative estimate of drug-likeness (QED) is 0.418. The number of nitrogens with two attached hydrogens (primary N) is 1. The highest BCUT2D eigenvalue weighted by Gasteiger charge is 2.31. The van der Waals surface area contributed by atoms with Crippen molar-refractivity contribution in [3.05, 3.63) is 0 Å². The highest BCUT2D eigenvalue weighted by molar-refractivity contribution is 5.80. The summed E-state index contributed by atoms with van der Waals surface area (Å²) >= 11 is 0. The van der Waals surface area contributed by atoms with Crippen LogP contribution in [0.4, 0.5) is 0 Å². The van der Waals surface area contributed by atoms with E-state index < -0.39 is 5.54 Å². The molecule has 0 rings (SSSR count). The molecule has 19 heavy (non-hydrogen) atoms. The van der Waals surface area contributed by atoms with Crippen LogP contribution in [0.25, 0.3) is 0 Å². The van der Waals surface area contributed by atoms with E-state index in [1.165, 1.54) is 0 Å². The van der Waals surface area contributed by atoms with Gasteiger partial charge in [-0.1, -0.05) is 13.8 Å². The van der Waals surface area contributed by atoms with E-state index in [2.05, 4.69) is 0 Å². The third kappa shape index (κ3) is 8.15. The minimum absolute atomic E-state index is 0.218. The van der Waals surface area contributed by atoms with Crippen LogP contribution in [-0.4, -0.2) is 58.3 Å². The highest BCUT2D eigenvalue weighted by Crippen LogP contribution is 2.12. The van der Waals surface area contributed by atoms with Gasteiger partial charge in [0.2, 0.25) is 0 Å². The number of carbonyl (C=O) groups is 1. The van der Waals surface area contributed by atoms with Gasteiger partial charge in [-0.2, -0.15) is 0 Å². The summed E-state index contributed by atoms with van der Waals surface area (Å²) in [7, 11) is 1.62. The monoisotopic (exact) mass is 277 g/mol. The van der Waals surface area contributed by atoms with Gasteiger partial charge in [0.15, 0.2) is 0 Å². The molecule has 2 N–H and O–H groups in total. The van der Waals surface area contributed by atoms with Crippen molar-refractivity contribution >= 4 is 5.97 Å². The molecule has 0 amide bonds. The Bertz CT molecular complexity index is 231. The van der Waals surface area contributed by atoms with Gasteiger partial charge in [0.05, 0.1) is 33.0 Å². The second-order valence-electron chi connectivity index (χ2n) is 4.22. The molecule has 0 aromatic heterocycles. The van der Waals surface area contributed by atoms with Gasteiger partial charge in [-0.25, -0.2) is 0 Å². The van der Waals surface area contributed by atoms with Gasteiger partial charge in [0.1, 0.15) is 12.1 Å². The summed E-state index contributed by atoms with van der Waals surface area (Å²) in [6, 6.07) is 0. The van der Waals surface area contributed by atoms with Crippen LogP contribution < -0.4 is 5.73 Å². The van der Waals surface area contributed by atoms with Crippen molar-refractivity contribution < 1.29 is 23.7 Å². The Balaban J connectivity index is 3.46. The van der Waals surface area contributed by atoms with Gasteiger partial charge in [0, 0.05) is 7.11 Å². The molecule has 0 aliphatic carbocycles. The average molecular weight is 277 g/mol. The third-order valence-corrected chi connectivity index (χ3v) is 2.93. The Labute approximate surface area is 115 Å². The molecule has 6 heteroatoms. The van der Waals surface area contributed by atoms with Crippen molar-refractivity contribution in [2.24, 2.45) is 5.73 Å². The second-order valence-corrected chi connectivity index (χ2v) is 4.22. The molecule has 0 saturated carbocycles. The fourth-order valence-electron chi connectivity index (χ4n) is 1.34. The molecule has 0 aromatic carbocycles. The van der Waals surface area contributed by atoms with E-state index in [1.54, 1.807) is 7.11 Å². The Morgan fingerprint density at radius 3 is 1.89 bits per heavy atom. The smallest absolute Gasteiger partial charge is 0.326 e. The normalized spacial score (nSPS) is 11.6. The van der Waals surface area contributed by atoms with Crippen molar-refractivity contribution in [1.29, 1.82) is 0 Å². The molecule has 0 heterocycles. The summed E-state index contributed by atoms with van der Waals surface area (Å²) in [6.45, 7) is 6.41. The molecular weight excluding hydrogens is 250 g/mol. The molecule has 0 aliphatic rings. The summed E-state index contributed by atoms with van der Waals surface area (Å²) in [5.74, 6) is -0.363. The topological polar surface area (TPSA) is 80.0 Å². The summed E-state index contributed by atoms with van der Waals surface area (Å²) in [4.78, 5) is 11.7. The Hall–Kier alpha value is -0.690. The molecule has 0 radical (unpaired) electrons. The van der Waals surface area contributed by atoms with Crippen molar-refractivity contribution in [3.63, 3.8) is 0 Å². The summed E-state index contributed by atoms with van der Waals surface area (Å²) in [6.07, 6.45) is 1.13. The number of esters is 1. The van der Waals surface area contributed by atoms with Crippen LogP contribution >= 0.6 is 0 Å². The van der Waals surface area contributed by atoms with Crippen LogP contribution in [-0.2, 0) is 23.7 Å². The molecule has 0 fully saturated rings. The molecule has 0 unspecified atom stereocenters. The molecular formula is C13H27NO5. The zero-order valence-corrected chi connectivity index (χ0v) is 12.3. The molecule has 0 spiro atoms. The van der Waals surface area contributed by atoms with Crippen LogP contribution in [0.15, 0.2) is 0 Å². The van der Waals surface area contributed by atoms with E-state index in [4.69, 9.17) is 24.7 Å². The predicted molar refractivity (Wildman–Crippen MR) is 72.0 cm³/mol. The number of hydrogen-bond donors (Lipinski definition) is 1. The summed E-state index contributed by atoms with van der Waals surface area (Å²) in [5.41, 5.74) is 5.03. The molecule has 0 atom stereocenters.